The lowest BCUT2D eigenvalue weighted by Gasteiger charge is -1.95. The number of aromatic nitrogens is 2. The highest BCUT2D eigenvalue weighted by Crippen LogP contribution is 2.50. The smallest absolute Gasteiger partial charge is 0.114 e. The predicted octanol–water partition coefficient (Wildman–Crippen LogP) is 2.29. The Morgan fingerprint density at radius 3 is 1.53 bits per heavy atom. The third kappa shape index (κ3) is 1.62. The molecule has 74 valence electrons. The van der Waals surface area contributed by atoms with E-state index in [1.807, 2.05) is 24.3 Å². The number of hydrogen-bond acceptors (Lipinski definition) is 3. The normalized spacial score (nSPS) is 23.7. The molecule has 15 heavy (non-hydrogen) atoms. The Labute approximate surface area is 87.8 Å². The molecule has 1 aliphatic rings. The minimum absolute atomic E-state index is 0.190. The molecule has 2 aromatic heterocycles. The van der Waals surface area contributed by atoms with Crippen molar-refractivity contribution in [2.24, 2.45) is 0 Å². The second kappa shape index (κ2) is 3.44. The molecule has 0 aromatic carbocycles. The van der Waals surface area contributed by atoms with Crippen LogP contribution >= 0.6 is 0 Å². The van der Waals surface area contributed by atoms with Crippen molar-refractivity contribution in [1.82, 2.24) is 9.97 Å². The lowest BCUT2D eigenvalue weighted by Crippen LogP contribution is -1.84. The van der Waals surface area contributed by atoms with Gasteiger partial charge in [0, 0.05) is 24.8 Å². The van der Waals surface area contributed by atoms with Crippen LogP contribution in [-0.4, -0.2) is 9.97 Å². The van der Waals surface area contributed by atoms with E-state index in [4.69, 9.17) is 4.74 Å². The van der Waals surface area contributed by atoms with Crippen LogP contribution in [0.4, 0.5) is 0 Å². The molecule has 3 rings (SSSR count). The summed E-state index contributed by atoms with van der Waals surface area (Å²) in [7, 11) is 0. The van der Waals surface area contributed by atoms with E-state index in [0.717, 1.165) is 0 Å². The SMILES string of the molecule is c1cc([C@H]2O[C@@H]2c2ccncc2)ccn1. The van der Waals surface area contributed by atoms with Crippen LogP contribution in [0.3, 0.4) is 0 Å². The first-order valence-electron chi connectivity index (χ1n) is 4.90. The maximum atomic E-state index is 5.63. The Kier molecular flexibility index (Phi) is 1.96. The fraction of sp³-hybridized carbons (Fsp3) is 0.167. The molecular formula is C12H10N2O. The minimum atomic E-state index is 0.190. The van der Waals surface area contributed by atoms with E-state index < -0.39 is 0 Å². The van der Waals surface area contributed by atoms with Gasteiger partial charge >= 0.3 is 0 Å². The summed E-state index contributed by atoms with van der Waals surface area (Å²) in [6.07, 6.45) is 7.55. The molecule has 0 amide bonds. The number of epoxide rings is 1. The van der Waals surface area contributed by atoms with Crippen molar-refractivity contribution in [2.45, 2.75) is 12.2 Å². The number of nitrogens with zero attached hydrogens (tertiary/aromatic N) is 2. The summed E-state index contributed by atoms with van der Waals surface area (Å²) in [6.45, 7) is 0. The summed E-state index contributed by atoms with van der Waals surface area (Å²) < 4.78 is 5.63. The largest absolute Gasteiger partial charge is 0.359 e. The Hall–Kier alpha value is -1.74. The van der Waals surface area contributed by atoms with Gasteiger partial charge in [-0.15, -0.1) is 0 Å². The van der Waals surface area contributed by atoms with Gasteiger partial charge in [-0.1, -0.05) is 0 Å². The van der Waals surface area contributed by atoms with Crippen LogP contribution in [0, 0.1) is 0 Å². The molecule has 1 aliphatic heterocycles. The molecule has 0 N–H and O–H groups in total. The summed E-state index contributed by atoms with van der Waals surface area (Å²) >= 11 is 0. The molecule has 2 atom stereocenters. The highest BCUT2D eigenvalue weighted by molar-refractivity contribution is 5.27. The molecular weight excluding hydrogens is 188 g/mol. The van der Waals surface area contributed by atoms with Gasteiger partial charge in [-0.05, 0) is 35.4 Å². The maximum Gasteiger partial charge on any atom is 0.114 e. The van der Waals surface area contributed by atoms with Gasteiger partial charge < -0.3 is 4.74 Å². The Bertz CT molecular complexity index is 400. The van der Waals surface area contributed by atoms with Gasteiger partial charge in [0.25, 0.3) is 0 Å². The first-order chi connectivity index (χ1) is 7.45. The summed E-state index contributed by atoms with van der Waals surface area (Å²) in [5, 5.41) is 0. The van der Waals surface area contributed by atoms with Gasteiger partial charge in [0.2, 0.25) is 0 Å². The highest BCUT2D eigenvalue weighted by atomic mass is 16.6. The average Bonchev–Trinajstić information content (AvgIpc) is 3.11. The van der Waals surface area contributed by atoms with Crippen molar-refractivity contribution in [2.75, 3.05) is 0 Å². The molecule has 1 saturated heterocycles. The second-order valence-electron chi connectivity index (χ2n) is 3.54. The van der Waals surface area contributed by atoms with Crippen LogP contribution in [-0.2, 0) is 4.74 Å². The fourth-order valence-corrected chi connectivity index (χ4v) is 1.73. The number of rotatable bonds is 2. The van der Waals surface area contributed by atoms with E-state index in [1.54, 1.807) is 24.8 Å². The fourth-order valence-electron chi connectivity index (χ4n) is 1.73. The topological polar surface area (TPSA) is 38.3 Å². The van der Waals surface area contributed by atoms with Crippen LogP contribution in [0.2, 0.25) is 0 Å². The quantitative estimate of drug-likeness (QED) is 0.695. The van der Waals surface area contributed by atoms with E-state index in [2.05, 4.69) is 9.97 Å². The van der Waals surface area contributed by atoms with Gasteiger partial charge in [0.15, 0.2) is 0 Å². The maximum absolute atomic E-state index is 5.63. The van der Waals surface area contributed by atoms with Crippen molar-refractivity contribution < 1.29 is 4.74 Å². The third-order valence-corrected chi connectivity index (χ3v) is 2.56. The standard InChI is InChI=1S/C12H10N2O/c1-5-13-6-2-9(1)11-12(15-11)10-3-7-14-8-4-10/h1-8,11-12H/t11-,12-/m1/s1. The van der Waals surface area contributed by atoms with E-state index >= 15 is 0 Å². The van der Waals surface area contributed by atoms with E-state index in [1.165, 1.54) is 11.1 Å². The zero-order valence-electron chi connectivity index (χ0n) is 8.08. The first kappa shape index (κ1) is 8.56. The molecule has 2 aromatic rings. The van der Waals surface area contributed by atoms with Crippen LogP contribution < -0.4 is 0 Å². The summed E-state index contributed by atoms with van der Waals surface area (Å²) in [4.78, 5) is 7.98. The first-order valence-corrected chi connectivity index (χ1v) is 4.90. The molecule has 0 unspecified atom stereocenters. The number of hydrogen-bond donors (Lipinski definition) is 0. The van der Waals surface area contributed by atoms with E-state index in [-0.39, 0.29) is 12.2 Å². The van der Waals surface area contributed by atoms with Crippen LogP contribution in [0.5, 0.6) is 0 Å². The van der Waals surface area contributed by atoms with Gasteiger partial charge in [-0.3, -0.25) is 9.97 Å². The molecule has 0 spiro atoms. The second-order valence-corrected chi connectivity index (χ2v) is 3.54. The molecule has 0 radical (unpaired) electrons. The predicted molar refractivity (Wildman–Crippen MR) is 55.0 cm³/mol. The van der Waals surface area contributed by atoms with Crippen molar-refractivity contribution in [1.29, 1.82) is 0 Å². The molecule has 0 aliphatic carbocycles. The molecule has 3 heteroatoms. The van der Waals surface area contributed by atoms with Crippen LogP contribution in [0.15, 0.2) is 49.1 Å². The summed E-state index contributed by atoms with van der Waals surface area (Å²) in [5.74, 6) is 0. The monoisotopic (exact) mass is 198 g/mol. The molecule has 1 fully saturated rings. The van der Waals surface area contributed by atoms with Crippen molar-refractivity contribution in [3.8, 4) is 0 Å². The van der Waals surface area contributed by atoms with Gasteiger partial charge in [0.1, 0.15) is 12.2 Å². The summed E-state index contributed by atoms with van der Waals surface area (Å²) in [5.41, 5.74) is 2.37. The van der Waals surface area contributed by atoms with Gasteiger partial charge in [0.05, 0.1) is 0 Å². The van der Waals surface area contributed by atoms with E-state index in [0.29, 0.717) is 0 Å². The van der Waals surface area contributed by atoms with E-state index in [9.17, 15) is 0 Å². The number of pyridine rings is 2. The molecule has 3 heterocycles. The molecule has 3 nitrogen and oxygen atoms in total. The van der Waals surface area contributed by atoms with Crippen molar-refractivity contribution in [3.63, 3.8) is 0 Å². The van der Waals surface area contributed by atoms with Crippen LogP contribution in [0.25, 0.3) is 0 Å². The third-order valence-electron chi connectivity index (χ3n) is 2.56. The van der Waals surface area contributed by atoms with Crippen molar-refractivity contribution >= 4 is 0 Å². The van der Waals surface area contributed by atoms with Gasteiger partial charge in [-0.25, -0.2) is 0 Å². The minimum Gasteiger partial charge on any atom is -0.359 e. The zero-order chi connectivity index (χ0) is 10.1. The zero-order valence-corrected chi connectivity index (χ0v) is 8.08. The highest BCUT2D eigenvalue weighted by Gasteiger charge is 2.41. The summed E-state index contributed by atoms with van der Waals surface area (Å²) in [6, 6.07) is 7.97. The molecule has 0 bridgehead atoms. The van der Waals surface area contributed by atoms with Gasteiger partial charge in [-0.2, -0.15) is 0 Å². The Balaban J connectivity index is 1.81. The lowest BCUT2D eigenvalue weighted by atomic mass is 10.1. The Morgan fingerprint density at radius 2 is 1.13 bits per heavy atom. The number of ether oxygens (including phenoxy) is 1. The average molecular weight is 198 g/mol. The Morgan fingerprint density at radius 1 is 0.733 bits per heavy atom. The lowest BCUT2D eigenvalue weighted by molar-refractivity contribution is 0.377. The molecule has 0 saturated carbocycles. The van der Waals surface area contributed by atoms with Crippen molar-refractivity contribution in [3.05, 3.63) is 60.2 Å². The van der Waals surface area contributed by atoms with Crippen LogP contribution in [0.1, 0.15) is 23.3 Å².